The second-order valence-electron chi connectivity index (χ2n) is 3.43. The second kappa shape index (κ2) is 5.74. The molecule has 0 aliphatic heterocycles. The van der Waals surface area contributed by atoms with Gasteiger partial charge < -0.3 is 4.74 Å². The largest absolute Gasteiger partial charge is 0.439 e. The standard InChI is InChI=1S/C12H7Cl3FNO/c13-5-7-3-12(17-6-10(7)15)18-8-1-2-11(16)9(14)4-8/h1-4,6H,5H2. The number of hydrogen-bond acceptors (Lipinski definition) is 2. The number of benzene rings is 1. The van der Waals surface area contributed by atoms with Crippen LogP contribution in [0.25, 0.3) is 0 Å². The summed E-state index contributed by atoms with van der Waals surface area (Å²) in [6.07, 6.45) is 1.44. The average Bonchev–Trinajstić information content (AvgIpc) is 2.36. The summed E-state index contributed by atoms with van der Waals surface area (Å²) in [6, 6.07) is 5.66. The van der Waals surface area contributed by atoms with Crippen molar-refractivity contribution in [2.45, 2.75) is 5.88 Å². The van der Waals surface area contributed by atoms with Crippen molar-refractivity contribution in [2.75, 3.05) is 0 Å². The van der Waals surface area contributed by atoms with Gasteiger partial charge in [0.25, 0.3) is 0 Å². The highest BCUT2D eigenvalue weighted by Crippen LogP contribution is 2.27. The zero-order valence-corrected chi connectivity index (χ0v) is 11.2. The minimum Gasteiger partial charge on any atom is -0.439 e. The second-order valence-corrected chi connectivity index (χ2v) is 4.51. The normalized spacial score (nSPS) is 10.4. The lowest BCUT2D eigenvalue weighted by Crippen LogP contribution is -1.91. The molecule has 94 valence electrons. The molecule has 0 N–H and O–H groups in total. The fraction of sp³-hybridized carbons (Fsp3) is 0.0833. The van der Waals surface area contributed by atoms with Gasteiger partial charge in [0.05, 0.1) is 10.0 Å². The lowest BCUT2D eigenvalue weighted by molar-refractivity contribution is 0.461. The van der Waals surface area contributed by atoms with Crippen molar-refractivity contribution in [3.63, 3.8) is 0 Å². The van der Waals surface area contributed by atoms with Gasteiger partial charge >= 0.3 is 0 Å². The van der Waals surface area contributed by atoms with Gasteiger partial charge in [-0.3, -0.25) is 0 Å². The quantitative estimate of drug-likeness (QED) is 0.740. The van der Waals surface area contributed by atoms with Gasteiger partial charge in [-0.15, -0.1) is 11.6 Å². The number of pyridine rings is 1. The molecular weight excluding hydrogens is 299 g/mol. The van der Waals surface area contributed by atoms with Crippen LogP contribution in [-0.2, 0) is 5.88 Å². The van der Waals surface area contributed by atoms with Crippen LogP contribution in [0.15, 0.2) is 30.5 Å². The molecule has 0 radical (unpaired) electrons. The van der Waals surface area contributed by atoms with E-state index in [2.05, 4.69) is 4.98 Å². The molecule has 0 unspecified atom stereocenters. The number of rotatable bonds is 3. The maximum Gasteiger partial charge on any atom is 0.219 e. The summed E-state index contributed by atoms with van der Waals surface area (Å²) < 4.78 is 18.4. The smallest absolute Gasteiger partial charge is 0.219 e. The van der Waals surface area contributed by atoms with Gasteiger partial charge in [0.15, 0.2) is 0 Å². The molecule has 2 rings (SSSR count). The van der Waals surface area contributed by atoms with Crippen molar-refractivity contribution in [3.8, 4) is 11.6 Å². The van der Waals surface area contributed by atoms with Gasteiger partial charge in [0, 0.05) is 24.2 Å². The van der Waals surface area contributed by atoms with Crippen molar-refractivity contribution in [3.05, 3.63) is 51.9 Å². The number of hydrogen-bond donors (Lipinski definition) is 0. The SMILES string of the molecule is Fc1ccc(Oc2cc(CCl)c(Cl)cn2)cc1Cl. The maximum absolute atomic E-state index is 13.0. The Labute approximate surface area is 118 Å². The first-order valence-electron chi connectivity index (χ1n) is 4.93. The molecular formula is C12H7Cl3FNO. The third-order valence-electron chi connectivity index (χ3n) is 2.17. The van der Waals surface area contributed by atoms with E-state index in [0.717, 1.165) is 0 Å². The highest BCUT2D eigenvalue weighted by molar-refractivity contribution is 6.32. The summed E-state index contributed by atoms with van der Waals surface area (Å²) in [5.41, 5.74) is 0.705. The summed E-state index contributed by atoms with van der Waals surface area (Å²) in [6.45, 7) is 0. The molecule has 2 nitrogen and oxygen atoms in total. The first-order valence-corrected chi connectivity index (χ1v) is 6.22. The zero-order chi connectivity index (χ0) is 13.1. The van der Waals surface area contributed by atoms with E-state index in [4.69, 9.17) is 39.5 Å². The van der Waals surface area contributed by atoms with Crippen molar-refractivity contribution in [2.24, 2.45) is 0 Å². The van der Waals surface area contributed by atoms with Gasteiger partial charge in [-0.1, -0.05) is 23.2 Å². The van der Waals surface area contributed by atoms with E-state index in [1.807, 2.05) is 0 Å². The third-order valence-corrected chi connectivity index (χ3v) is 3.08. The maximum atomic E-state index is 13.0. The van der Waals surface area contributed by atoms with Gasteiger partial charge in [0.1, 0.15) is 11.6 Å². The first-order chi connectivity index (χ1) is 8.60. The molecule has 0 saturated carbocycles. The number of ether oxygens (including phenoxy) is 1. The molecule has 0 spiro atoms. The summed E-state index contributed by atoms with van der Waals surface area (Å²) in [5, 5.41) is 0.452. The average molecular weight is 307 g/mol. The van der Waals surface area contributed by atoms with Crippen molar-refractivity contribution < 1.29 is 9.13 Å². The summed E-state index contributed by atoms with van der Waals surface area (Å²) >= 11 is 17.2. The molecule has 2 aromatic rings. The van der Waals surface area contributed by atoms with Crippen LogP contribution < -0.4 is 4.74 Å². The molecule has 0 atom stereocenters. The van der Waals surface area contributed by atoms with Crippen LogP contribution in [0.1, 0.15) is 5.56 Å². The molecule has 0 amide bonds. The summed E-state index contributed by atoms with van der Waals surface area (Å²) in [5.74, 6) is 0.450. The van der Waals surface area contributed by atoms with Crippen LogP contribution in [0.2, 0.25) is 10.0 Å². The van der Waals surface area contributed by atoms with Crippen LogP contribution >= 0.6 is 34.8 Å². The van der Waals surface area contributed by atoms with E-state index in [0.29, 0.717) is 22.2 Å². The highest BCUT2D eigenvalue weighted by Gasteiger charge is 2.06. The van der Waals surface area contributed by atoms with Gasteiger partial charge in [-0.2, -0.15) is 0 Å². The highest BCUT2D eigenvalue weighted by atomic mass is 35.5. The Balaban J connectivity index is 2.25. The van der Waals surface area contributed by atoms with Crippen molar-refractivity contribution >= 4 is 34.8 Å². The Bertz CT molecular complexity index is 577. The topological polar surface area (TPSA) is 22.1 Å². The molecule has 1 aromatic heterocycles. The Hall–Kier alpha value is -1.03. The molecule has 0 aliphatic carbocycles. The van der Waals surface area contributed by atoms with E-state index >= 15 is 0 Å². The number of aromatic nitrogens is 1. The summed E-state index contributed by atoms with van der Waals surface area (Å²) in [4.78, 5) is 3.98. The fourth-order valence-corrected chi connectivity index (χ4v) is 1.91. The molecule has 6 heteroatoms. The monoisotopic (exact) mass is 305 g/mol. The lowest BCUT2D eigenvalue weighted by Gasteiger charge is -2.07. The van der Waals surface area contributed by atoms with Crippen LogP contribution in [-0.4, -0.2) is 4.98 Å². The van der Waals surface area contributed by atoms with Crippen LogP contribution in [0.4, 0.5) is 4.39 Å². The Morgan fingerprint density at radius 3 is 2.61 bits per heavy atom. The molecule has 0 bridgehead atoms. The van der Waals surface area contributed by atoms with E-state index in [-0.39, 0.29) is 10.9 Å². The molecule has 1 aromatic carbocycles. The Kier molecular flexibility index (Phi) is 4.27. The Morgan fingerprint density at radius 2 is 1.94 bits per heavy atom. The summed E-state index contributed by atoms with van der Waals surface area (Å²) in [7, 11) is 0. The minimum atomic E-state index is -0.505. The van der Waals surface area contributed by atoms with E-state index < -0.39 is 5.82 Å². The predicted octanol–water partition coefficient (Wildman–Crippen LogP) is 5.06. The molecule has 18 heavy (non-hydrogen) atoms. The van der Waals surface area contributed by atoms with Crippen LogP contribution in [0, 0.1) is 5.82 Å². The predicted molar refractivity (Wildman–Crippen MR) is 70.3 cm³/mol. The van der Waals surface area contributed by atoms with E-state index in [1.165, 1.54) is 24.4 Å². The first kappa shape index (κ1) is 13.4. The molecule has 0 saturated heterocycles. The number of halogens is 4. The van der Waals surface area contributed by atoms with E-state index in [9.17, 15) is 4.39 Å². The van der Waals surface area contributed by atoms with Crippen molar-refractivity contribution in [1.29, 1.82) is 0 Å². The van der Waals surface area contributed by atoms with Crippen LogP contribution in [0.5, 0.6) is 11.6 Å². The van der Waals surface area contributed by atoms with Gasteiger partial charge in [0.2, 0.25) is 5.88 Å². The molecule has 1 heterocycles. The number of nitrogens with zero attached hydrogens (tertiary/aromatic N) is 1. The molecule has 0 fully saturated rings. The Morgan fingerprint density at radius 1 is 1.17 bits per heavy atom. The van der Waals surface area contributed by atoms with Crippen molar-refractivity contribution in [1.82, 2.24) is 4.98 Å². The van der Waals surface area contributed by atoms with Crippen LogP contribution in [0.3, 0.4) is 0 Å². The fourth-order valence-electron chi connectivity index (χ4n) is 1.28. The number of alkyl halides is 1. The molecule has 0 aliphatic rings. The zero-order valence-electron chi connectivity index (χ0n) is 8.96. The van der Waals surface area contributed by atoms with E-state index in [1.54, 1.807) is 6.07 Å². The third kappa shape index (κ3) is 3.05. The van der Waals surface area contributed by atoms with Gasteiger partial charge in [-0.25, -0.2) is 9.37 Å². The van der Waals surface area contributed by atoms with Gasteiger partial charge in [-0.05, 0) is 17.7 Å². The lowest BCUT2D eigenvalue weighted by atomic mass is 10.3. The minimum absolute atomic E-state index is 0.0148.